The Morgan fingerprint density at radius 3 is 3.12 bits per heavy atom. The minimum Gasteiger partial charge on any atom is -0.463 e. The van der Waals surface area contributed by atoms with Crippen molar-refractivity contribution in [3.63, 3.8) is 0 Å². The van der Waals surface area contributed by atoms with Crippen LogP contribution in [0.25, 0.3) is 11.0 Å². The molecule has 7 nitrogen and oxygen atoms in total. The molecule has 1 aliphatic heterocycles. The van der Waals surface area contributed by atoms with Crippen LogP contribution < -0.4 is 0 Å². The first-order valence-corrected chi connectivity index (χ1v) is 8.02. The van der Waals surface area contributed by atoms with Crippen LogP contribution in [0.1, 0.15) is 29.2 Å². The van der Waals surface area contributed by atoms with E-state index in [1.54, 1.807) is 11.2 Å². The van der Waals surface area contributed by atoms with Crippen LogP contribution in [0.3, 0.4) is 0 Å². The predicted octanol–water partition coefficient (Wildman–Crippen LogP) is 2.26. The molecule has 1 saturated heterocycles. The summed E-state index contributed by atoms with van der Waals surface area (Å²) < 4.78 is 13.2. The molecule has 3 aromatic rings. The number of hydrogen-bond acceptors (Lipinski definition) is 5. The maximum absolute atomic E-state index is 12.9. The highest BCUT2D eigenvalue weighted by Crippen LogP contribution is 2.25. The van der Waals surface area contributed by atoms with Gasteiger partial charge in [-0.25, -0.2) is 0 Å². The van der Waals surface area contributed by atoms with Crippen molar-refractivity contribution in [1.82, 2.24) is 19.7 Å². The summed E-state index contributed by atoms with van der Waals surface area (Å²) in [6.07, 6.45) is 2.96. The van der Waals surface area contributed by atoms with Crippen LogP contribution in [0.5, 0.6) is 0 Å². The number of para-hydroxylation sites is 1. The van der Waals surface area contributed by atoms with Gasteiger partial charge in [0.2, 0.25) is 0 Å². The van der Waals surface area contributed by atoms with E-state index in [9.17, 15) is 4.79 Å². The van der Waals surface area contributed by atoms with Crippen LogP contribution in [0.4, 0.5) is 0 Å². The van der Waals surface area contributed by atoms with Crippen molar-refractivity contribution < 1.29 is 13.9 Å². The monoisotopic (exact) mass is 326 g/mol. The number of nitrogens with zero attached hydrogens (tertiary/aromatic N) is 4. The molecular weight excluding hydrogens is 308 g/mol. The van der Waals surface area contributed by atoms with E-state index >= 15 is 0 Å². The lowest BCUT2D eigenvalue weighted by molar-refractivity contribution is -0.0283. The number of rotatable bonds is 3. The van der Waals surface area contributed by atoms with Crippen molar-refractivity contribution in [3.05, 3.63) is 48.2 Å². The summed E-state index contributed by atoms with van der Waals surface area (Å²) in [5, 5.41) is 8.93. The lowest BCUT2D eigenvalue weighted by atomic mass is 10.1. The van der Waals surface area contributed by atoms with E-state index in [4.69, 9.17) is 9.15 Å². The van der Waals surface area contributed by atoms with Crippen LogP contribution in [0, 0.1) is 0 Å². The Labute approximate surface area is 138 Å². The number of carbonyl (C=O) groups is 1. The first-order valence-electron chi connectivity index (χ1n) is 8.02. The largest absolute Gasteiger partial charge is 0.463 e. The summed E-state index contributed by atoms with van der Waals surface area (Å²) in [7, 11) is 0. The third-order valence-corrected chi connectivity index (χ3v) is 4.34. The quantitative estimate of drug-likeness (QED) is 0.738. The Kier molecular flexibility index (Phi) is 3.78. The fourth-order valence-corrected chi connectivity index (χ4v) is 3.06. The van der Waals surface area contributed by atoms with Gasteiger partial charge in [-0.3, -0.25) is 4.79 Å². The van der Waals surface area contributed by atoms with E-state index in [2.05, 4.69) is 10.2 Å². The zero-order valence-corrected chi connectivity index (χ0v) is 13.4. The molecule has 124 valence electrons. The number of hydrogen-bond donors (Lipinski definition) is 0. The van der Waals surface area contributed by atoms with Crippen LogP contribution in [-0.4, -0.2) is 45.3 Å². The number of aryl methyl sites for hydroxylation is 1. The number of ether oxygens (including phenoxy) is 1. The van der Waals surface area contributed by atoms with Gasteiger partial charge >= 0.3 is 0 Å². The van der Waals surface area contributed by atoms with Gasteiger partial charge in [-0.1, -0.05) is 18.2 Å². The fourth-order valence-electron chi connectivity index (χ4n) is 3.06. The molecule has 0 radical (unpaired) electrons. The van der Waals surface area contributed by atoms with Crippen LogP contribution in [0.15, 0.2) is 41.3 Å². The van der Waals surface area contributed by atoms with Crippen molar-refractivity contribution >= 4 is 16.9 Å². The molecular formula is C17H18N4O3. The minimum absolute atomic E-state index is 0.0455. The smallest absolute Gasteiger partial charge is 0.257 e. The first kappa shape index (κ1) is 14.9. The van der Waals surface area contributed by atoms with Crippen molar-refractivity contribution in [2.45, 2.75) is 19.6 Å². The standard InChI is InChI=1S/C17H18N4O3/c1-2-20-11-18-19-16(20)15-9-21(7-8-23-15)17(22)13-10-24-14-6-4-3-5-12(13)14/h3-6,10-11,15H,2,7-9H2,1H3. The zero-order valence-electron chi connectivity index (χ0n) is 13.4. The van der Waals surface area contributed by atoms with E-state index in [0.717, 1.165) is 23.3 Å². The molecule has 1 amide bonds. The van der Waals surface area contributed by atoms with E-state index in [-0.39, 0.29) is 12.0 Å². The maximum Gasteiger partial charge on any atom is 0.257 e. The summed E-state index contributed by atoms with van der Waals surface area (Å²) >= 11 is 0. The molecule has 0 aliphatic carbocycles. The molecule has 0 saturated carbocycles. The Balaban J connectivity index is 1.59. The normalized spacial score (nSPS) is 18.2. The molecule has 3 heterocycles. The van der Waals surface area contributed by atoms with Gasteiger partial charge in [0.15, 0.2) is 5.82 Å². The van der Waals surface area contributed by atoms with E-state index in [0.29, 0.717) is 25.3 Å². The van der Waals surface area contributed by atoms with Gasteiger partial charge in [0.1, 0.15) is 24.3 Å². The number of amides is 1. The average Bonchev–Trinajstić information content (AvgIpc) is 3.28. The van der Waals surface area contributed by atoms with Gasteiger partial charge in [-0.2, -0.15) is 0 Å². The molecule has 0 spiro atoms. The number of carbonyl (C=O) groups excluding carboxylic acids is 1. The molecule has 0 bridgehead atoms. The van der Waals surface area contributed by atoms with Gasteiger partial charge in [0.25, 0.3) is 5.91 Å². The Hall–Kier alpha value is -2.67. The summed E-state index contributed by atoms with van der Waals surface area (Å²) in [6, 6.07) is 7.55. The number of aromatic nitrogens is 3. The molecule has 4 rings (SSSR count). The SMILES string of the molecule is CCn1cnnc1C1CN(C(=O)c2coc3ccccc23)CCO1. The van der Waals surface area contributed by atoms with Crippen LogP contribution >= 0.6 is 0 Å². The average molecular weight is 326 g/mol. The number of furan rings is 1. The van der Waals surface area contributed by atoms with Crippen LogP contribution in [0.2, 0.25) is 0 Å². The topological polar surface area (TPSA) is 73.4 Å². The lowest BCUT2D eigenvalue weighted by Crippen LogP contribution is -2.42. The molecule has 2 aromatic heterocycles. The van der Waals surface area contributed by atoms with Crippen LogP contribution in [-0.2, 0) is 11.3 Å². The second-order valence-electron chi connectivity index (χ2n) is 5.73. The van der Waals surface area contributed by atoms with E-state index in [1.807, 2.05) is 35.8 Å². The Bertz CT molecular complexity index is 869. The minimum atomic E-state index is -0.261. The highest BCUT2D eigenvalue weighted by Gasteiger charge is 2.30. The highest BCUT2D eigenvalue weighted by atomic mass is 16.5. The number of benzene rings is 1. The lowest BCUT2D eigenvalue weighted by Gasteiger charge is -2.32. The molecule has 24 heavy (non-hydrogen) atoms. The highest BCUT2D eigenvalue weighted by molar-refractivity contribution is 6.05. The second-order valence-corrected chi connectivity index (χ2v) is 5.73. The molecule has 1 atom stereocenters. The van der Waals surface area contributed by atoms with Gasteiger partial charge in [0.05, 0.1) is 18.7 Å². The Morgan fingerprint density at radius 1 is 1.38 bits per heavy atom. The molecule has 1 unspecified atom stereocenters. The summed E-state index contributed by atoms with van der Waals surface area (Å²) in [5.41, 5.74) is 1.31. The number of morpholine rings is 1. The third-order valence-electron chi connectivity index (χ3n) is 4.34. The summed E-state index contributed by atoms with van der Waals surface area (Å²) in [5.74, 6) is 0.711. The van der Waals surface area contributed by atoms with Gasteiger partial charge in [0, 0.05) is 18.5 Å². The molecule has 1 aromatic carbocycles. The fraction of sp³-hybridized carbons (Fsp3) is 0.353. The van der Waals surface area contributed by atoms with E-state index in [1.165, 1.54) is 6.26 Å². The van der Waals surface area contributed by atoms with Gasteiger partial charge in [-0.05, 0) is 13.0 Å². The zero-order chi connectivity index (χ0) is 16.5. The molecule has 0 N–H and O–H groups in total. The molecule has 7 heteroatoms. The third kappa shape index (κ3) is 2.46. The summed E-state index contributed by atoms with van der Waals surface area (Å²) in [6.45, 7) is 4.27. The van der Waals surface area contributed by atoms with Gasteiger partial charge < -0.3 is 18.6 Å². The van der Waals surface area contributed by atoms with Crippen molar-refractivity contribution in [3.8, 4) is 0 Å². The van der Waals surface area contributed by atoms with Crippen molar-refractivity contribution in [2.24, 2.45) is 0 Å². The summed E-state index contributed by atoms with van der Waals surface area (Å²) in [4.78, 5) is 14.7. The molecule has 1 fully saturated rings. The molecule has 1 aliphatic rings. The predicted molar refractivity (Wildman–Crippen MR) is 86.5 cm³/mol. The van der Waals surface area contributed by atoms with Crippen molar-refractivity contribution in [1.29, 1.82) is 0 Å². The first-order chi connectivity index (χ1) is 11.8. The maximum atomic E-state index is 12.9. The second kappa shape index (κ2) is 6.09. The number of fused-ring (bicyclic) bond motifs is 1. The Morgan fingerprint density at radius 2 is 2.25 bits per heavy atom. The van der Waals surface area contributed by atoms with E-state index < -0.39 is 0 Å². The van der Waals surface area contributed by atoms with Crippen molar-refractivity contribution in [2.75, 3.05) is 19.7 Å². The van der Waals surface area contributed by atoms with Gasteiger partial charge in [-0.15, -0.1) is 10.2 Å².